The van der Waals surface area contributed by atoms with Gasteiger partial charge in [-0.15, -0.1) is 5.10 Å². The van der Waals surface area contributed by atoms with Gasteiger partial charge in [0.15, 0.2) is 5.82 Å². The molecule has 0 spiro atoms. The Balaban J connectivity index is 2.35. The lowest BCUT2D eigenvalue weighted by Gasteiger charge is -2.06. The molecular weight excluding hydrogens is 283 g/mol. The number of hydrogen-bond donors (Lipinski definition) is 1. The second-order valence-electron chi connectivity index (χ2n) is 4.66. The Morgan fingerprint density at radius 1 is 1.40 bits per heavy atom. The highest BCUT2D eigenvalue weighted by atomic mass is 32.2. The predicted octanol–water partition coefficient (Wildman–Crippen LogP) is 1.23. The highest BCUT2D eigenvalue weighted by molar-refractivity contribution is 7.92. The quantitative estimate of drug-likeness (QED) is 0.916. The van der Waals surface area contributed by atoms with Gasteiger partial charge in [-0.25, -0.2) is 17.5 Å². The molecule has 0 unspecified atom stereocenters. The van der Waals surface area contributed by atoms with Gasteiger partial charge in [0.05, 0.1) is 11.8 Å². The molecule has 20 heavy (non-hydrogen) atoms. The van der Waals surface area contributed by atoms with E-state index in [1.807, 2.05) is 0 Å². The van der Waals surface area contributed by atoms with Crippen LogP contribution in [0.4, 0.5) is 10.2 Å². The lowest BCUT2D eigenvalue weighted by molar-refractivity contribution is 0.583. The second-order valence-corrected chi connectivity index (χ2v) is 7.08. The van der Waals surface area contributed by atoms with Crippen LogP contribution < -0.4 is 5.73 Å². The fraction of sp³-hybridized carbons (Fsp3) is 0.333. The van der Waals surface area contributed by atoms with Crippen LogP contribution in [-0.4, -0.2) is 28.7 Å². The van der Waals surface area contributed by atoms with Gasteiger partial charge in [0.25, 0.3) is 0 Å². The van der Waals surface area contributed by atoms with Crippen molar-refractivity contribution >= 4 is 15.7 Å². The number of sulfone groups is 1. The van der Waals surface area contributed by atoms with E-state index < -0.39 is 15.1 Å². The first-order valence-corrected chi connectivity index (χ1v) is 7.54. The number of nitrogen functional groups attached to an aromatic ring is 1. The molecule has 1 aromatic carbocycles. The highest BCUT2D eigenvalue weighted by Gasteiger charge is 2.27. The summed E-state index contributed by atoms with van der Waals surface area (Å²) < 4.78 is 38.4. The first-order valence-electron chi connectivity index (χ1n) is 5.99. The van der Waals surface area contributed by atoms with Gasteiger partial charge < -0.3 is 5.73 Å². The molecule has 0 aliphatic rings. The molecule has 0 radical (unpaired) electrons. The molecule has 1 aromatic heterocycles. The van der Waals surface area contributed by atoms with Crippen molar-refractivity contribution in [3.05, 3.63) is 35.6 Å². The van der Waals surface area contributed by atoms with Gasteiger partial charge in [-0.2, -0.15) is 0 Å². The molecule has 0 fully saturated rings. The van der Waals surface area contributed by atoms with E-state index in [1.165, 1.54) is 16.8 Å². The Kier molecular flexibility index (Phi) is 3.76. The number of rotatable bonds is 4. The first-order chi connectivity index (χ1) is 9.32. The number of aromatic nitrogens is 3. The van der Waals surface area contributed by atoms with E-state index in [1.54, 1.807) is 26.0 Å². The molecule has 0 saturated carbocycles. The summed E-state index contributed by atoms with van der Waals surface area (Å²) >= 11 is 0. The Morgan fingerprint density at radius 3 is 2.70 bits per heavy atom. The topological polar surface area (TPSA) is 90.9 Å². The van der Waals surface area contributed by atoms with Crippen LogP contribution in [0.1, 0.15) is 19.4 Å². The van der Waals surface area contributed by atoms with E-state index in [0.717, 1.165) is 0 Å². The Morgan fingerprint density at radius 2 is 2.10 bits per heavy atom. The summed E-state index contributed by atoms with van der Waals surface area (Å²) in [5.41, 5.74) is 6.40. The molecule has 0 atom stereocenters. The standard InChI is InChI=1S/C12H15FN4O2S/c1-8(2)20(18,19)12-11(14)17(16-15-12)7-9-4-3-5-10(13)6-9/h3-6,8H,7,14H2,1-2H3. The van der Waals surface area contributed by atoms with E-state index in [4.69, 9.17) is 5.73 Å². The molecular formula is C12H15FN4O2S. The van der Waals surface area contributed by atoms with E-state index >= 15 is 0 Å². The maximum atomic E-state index is 13.1. The number of hydrogen-bond acceptors (Lipinski definition) is 5. The first kappa shape index (κ1) is 14.4. The van der Waals surface area contributed by atoms with Gasteiger partial charge in [-0.3, -0.25) is 0 Å². The summed E-state index contributed by atoms with van der Waals surface area (Å²) in [5, 5.41) is 6.50. The molecule has 0 amide bonds. The Labute approximate surface area is 116 Å². The summed E-state index contributed by atoms with van der Waals surface area (Å²) in [6.45, 7) is 3.24. The molecule has 2 rings (SSSR count). The molecule has 8 heteroatoms. The minimum absolute atomic E-state index is 0.0389. The summed E-state index contributed by atoms with van der Waals surface area (Å²) in [6.07, 6.45) is 0. The van der Waals surface area contributed by atoms with Crippen LogP contribution in [-0.2, 0) is 16.4 Å². The smallest absolute Gasteiger partial charge is 0.221 e. The van der Waals surface area contributed by atoms with Crippen LogP contribution in [0.3, 0.4) is 0 Å². The minimum Gasteiger partial charge on any atom is -0.381 e. The van der Waals surface area contributed by atoms with Gasteiger partial charge in [0, 0.05) is 0 Å². The van der Waals surface area contributed by atoms with Crippen molar-refractivity contribution in [1.29, 1.82) is 0 Å². The van der Waals surface area contributed by atoms with Crippen molar-refractivity contribution in [1.82, 2.24) is 15.0 Å². The predicted molar refractivity (Wildman–Crippen MR) is 72.3 cm³/mol. The zero-order valence-corrected chi connectivity index (χ0v) is 11.9. The minimum atomic E-state index is -3.58. The maximum Gasteiger partial charge on any atom is 0.221 e. The average molecular weight is 298 g/mol. The van der Waals surface area contributed by atoms with Crippen molar-refractivity contribution in [3.63, 3.8) is 0 Å². The Hall–Kier alpha value is -1.96. The van der Waals surface area contributed by atoms with E-state index in [9.17, 15) is 12.8 Å². The van der Waals surface area contributed by atoms with Crippen LogP contribution in [0, 0.1) is 5.82 Å². The third kappa shape index (κ3) is 2.64. The highest BCUT2D eigenvalue weighted by Crippen LogP contribution is 2.20. The van der Waals surface area contributed by atoms with Crippen molar-refractivity contribution < 1.29 is 12.8 Å². The molecule has 0 saturated heterocycles. The van der Waals surface area contributed by atoms with Gasteiger partial charge in [0.2, 0.25) is 14.9 Å². The van der Waals surface area contributed by atoms with Crippen LogP contribution in [0.2, 0.25) is 0 Å². The van der Waals surface area contributed by atoms with Gasteiger partial charge in [0.1, 0.15) is 5.82 Å². The van der Waals surface area contributed by atoms with Crippen molar-refractivity contribution in [2.24, 2.45) is 0 Å². The van der Waals surface area contributed by atoms with Gasteiger partial charge in [-0.05, 0) is 31.5 Å². The molecule has 2 aromatic rings. The van der Waals surface area contributed by atoms with Crippen LogP contribution in [0.5, 0.6) is 0 Å². The summed E-state index contributed by atoms with van der Waals surface area (Å²) in [6, 6.07) is 5.91. The SMILES string of the molecule is CC(C)S(=O)(=O)c1nnn(Cc2cccc(F)c2)c1N. The number of nitrogens with two attached hydrogens (primary N) is 1. The largest absolute Gasteiger partial charge is 0.381 e. The second kappa shape index (κ2) is 5.20. The molecule has 0 bridgehead atoms. The van der Waals surface area contributed by atoms with Crippen LogP contribution >= 0.6 is 0 Å². The van der Waals surface area contributed by atoms with E-state index in [2.05, 4.69) is 10.3 Å². The average Bonchev–Trinajstić information content (AvgIpc) is 2.71. The third-order valence-corrected chi connectivity index (χ3v) is 4.92. The van der Waals surface area contributed by atoms with Crippen molar-refractivity contribution in [3.8, 4) is 0 Å². The van der Waals surface area contributed by atoms with Crippen LogP contribution in [0.15, 0.2) is 29.3 Å². The van der Waals surface area contributed by atoms with Crippen LogP contribution in [0.25, 0.3) is 0 Å². The zero-order chi connectivity index (χ0) is 14.9. The maximum absolute atomic E-state index is 13.1. The van der Waals surface area contributed by atoms with E-state index in [-0.39, 0.29) is 23.2 Å². The molecule has 6 nitrogen and oxygen atoms in total. The fourth-order valence-electron chi connectivity index (χ4n) is 1.66. The molecule has 108 valence electrons. The van der Waals surface area contributed by atoms with Crippen molar-refractivity contribution in [2.75, 3.05) is 5.73 Å². The molecule has 0 aliphatic carbocycles. The molecule has 1 heterocycles. The zero-order valence-electron chi connectivity index (χ0n) is 11.1. The summed E-state index contributed by atoms with van der Waals surface area (Å²) in [7, 11) is -3.58. The fourth-order valence-corrected chi connectivity index (χ4v) is 2.65. The van der Waals surface area contributed by atoms with Crippen molar-refractivity contribution in [2.45, 2.75) is 30.7 Å². The van der Waals surface area contributed by atoms with E-state index in [0.29, 0.717) is 5.56 Å². The van der Waals surface area contributed by atoms with Gasteiger partial charge in [-0.1, -0.05) is 17.3 Å². The number of nitrogens with zero attached hydrogens (tertiary/aromatic N) is 3. The molecule has 0 aliphatic heterocycles. The normalized spacial score (nSPS) is 12.0. The number of anilines is 1. The summed E-state index contributed by atoms with van der Waals surface area (Å²) in [4.78, 5) is 0. The Bertz CT molecular complexity index is 725. The number of benzene rings is 1. The third-order valence-electron chi connectivity index (χ3n) is 2.85. The summed E-state index contributed by atoms with van der Waals surface area (Å²) in [5.74, 6) is -0.417. The van der Waals surface area contributed by atoms with Gasteiger partial charge >= 0.3 is 0 Å². The lowest BCUT2D eigenvalue weighted by Crippen LogP contribution is -2.16. The molecule has 2 N–H and O–H groups in total. The number of halogens is 1. The lowest BCUT2D eigenvalue weighted by atomic mass is 10.2. The monoisotopic (exact) mass is 298 g/mol.